The van der Waals surface area contributed by atoms with Gasteiger partial charge < -0.3 is 10.1 Å². The summed E-state index contributed by atoms with van der Waals surface area (Å²) in [6.45, 7) is 1.18. The minimum absolute atomic E-state index is 0.145. The molecule has 0 radical (unpaired) electrons. The third kappa shape index (κ3) is 5.23. The monoisotopic (exact) mass is 391 g/mol. The number of pyridine rings is 1. The number of rotatable bonds is 6. The van der Waals surface area contributed by atoms with Crippen molar-refractivity contribution >= 4 is 40.2 Å². The van der Waals surface area contributed by atoms with Gasteiger partial charge in [0.2, 0.25) is 0 Å². The minimum Gasteiger partial charge on any atom is -0.452 e. The number of carbonyl (C=O) groups is 2. The number of hydrogen-bond acceptors (Lipinski definition) is 6. The molecule has 8 nitrogen and oxygen atoms in total. The quantitative estimate of drug-likeness (QED) is 0.297. The summed E-state index contributed by atoms with van der Waals surface area (Å²) in [6.07, 6.45) is 2.68. The Morgan fingerprint density at radius 1 is 1.17 bits per heavy atom. The van der Waals surface area contributed by atoms with E-state index in [2.05, 4.69) is 10.3 Å². The van der Waals surface area contributed by atoms with Crippen molar-refractivity contribution in [3.05, 3.63) is 82.0 Å². The zero-order valence-corrected chi connectivity index (χ0v) is 15.5. The number of para-hydroxylation sites is 1. The number of nitrogens with zero attached hydrogens (tertiary/aromatic N) is 2. The molecule has 29 heavy (non-hydrogen) atoms. The molecule has 1 N–H and O–H groups in total. The summed E-state index contributed by atoms with van der Waals surface area (Å²) in [5.74, 6) is -1.30. The van der Waals surface area contributed by atoms with E-state index in [0.717, 1.165) is 10.9 Å². The Morgan fingerprint density at radius 2 is 1.97 bits per heavy atom. The number of hydrogen-bond donors (Lipinski definition) is 1. The van der Waals surface area contributed by atoms with Gasteiger partial charge in [0.25, 0.3) is 11.6 Å². The van der Waals surface area contributed by atoms with Crippen molar-refractivity contribution in [2.45, 2.75) is 6.92 Å². The Morgan fingerprint density at radius 3 is 2.76 bits per heavy atom. The van der Waals surface area contributed by atoms with Crippen molar-refractivity contribution in [2.75, 3.05) is 11.9 Å². The number of fused-ring (bicyclic) bond motifs is 1. The number of aryl methyl sites for hydroxylation is 1. The van der Waals surface area contributed by atoms with Gasteiger partial charge in [-0.3, -0.25) is 14.9 Å². The highest BCUT2D eigenvalue weighted by atomic mass is 16.6. The molecule has 0 aliphatic heterocycles. The van der Waals surface area contributed by atoms with Crippen LogP contribution in [0.4, 0.5) is 11.4 Å². The van der Waals surface area contributed by atoms with Crippen LogP contribution in [-0.4, -0.2) is 28.4 Å². The SMILES string of the molecule is Cc1ccc([N+](=O)[O-])cc1NC(=O)COC(=O)/C=C/c1ccc2ccccc2n1. The van der Waals surface area contributed by atoms with E-state index >= 15 is 0 Å². The molecule has 0 unspecified atom stereocenters. The molecule has 3 rings (SSSR count). The summed E-state index contributed by atoms with van der Waals surface area (Å²) in [4.78, 5) is 38.5. The number of esters is 1. The van der Waals surface area contributed by atoms with Crippen LogP contribution in [-0.2, 0) is 14.3 Å². The fourth-order valence-electron chi connectivity index (χ4n) is 2.56. The lowest BCUT2D eigenvalue weighted by atomic mass is 10.2. The molecule has 146 valence electrons. The van der Waals surface area contributed by atoms with Crippen molar-refractivity contribution in [1.82, 2.24) is 4.98 Å². The first-order valence-corrected chi connectivity index (χ1v) is 8.68. The highest BCUT2D eigenvalue weighted by Gasteiger charge is 2.12. The molecule has 0 spiro atoms. The molecule has 3 aromatic rings. The molecule has 0 aliphatic carbocycles. The highest BCUT2D eigenvalue weighted by molar-refractivity contribution is 5.95. The maximum Gasteiger partial charge on any atom is 0.331 e. The number of amides is 1. The van der Waals surface area contributed by atoms with E-state index in [1.54, 1.807) is 13.0 Å². The molecule has 0 bridgehead atoms. The summed E-state index contributed by atoms with van der Waals surface area (Å²) in [6, 6.07) is 15.4. The number of anilines is 1. The van der Waals surface area contributed by atoms with Crippen molar-refractivity contribution in [3.63, 3.8) is 0 Å². The number of ether oxygens (including phenoxy) is 1. The number of aromatic nitrogens is 1. The number of benzene rings is 2. The van der Waals surface area contributed by atoms with Crippen LogP contribution in [0.15, 0.2) is 60.7 Å². The van der Waals surface area contributed by atoms with E-state index in [0.29, 0.717) is 11.3 Å². The number of nitrogens with one attached hydrogen (secondary N) is 1. The van der Waals surface area contributed by atoms with Gasteiger partial charge in [-0.2, -0.15) is 0 Å². The molecule has 1 heterocycles. The Bertz CT molecular complexity index is 1120. The van der Waals surface area contributed by atoms with E-state index in [-0.39, 0.29) is 11.4 Å². The smallest absolute Gasteiger partial charge is 0.331 e. The summed E-state index contributed by atoms with van der Waals surface area (Å²) in [5, 5.41) is 14.3. The van der Waals surface area contributed by atoms with Crippen molar-refractivity contribution in [1.29, 1.82) is 0 Å². The molecule has 0 fully saturated rings. The molecule has 0 saturated carbocycles. The Labute approximate surface area is 166 Å². The van der Waals surface area contributed by atoms with Gasteiger partial charge in [-0.15, -0.1) is 0 Å². The molecule has 1 aromatic heterocycles. The van der Waals surface area contributed by atoms with Gasteiger partial charge in [-0.1, -0.05) is 30.3 Å². The van der Waals surface area contributed by atoms with E-state index in [9.17, 15) is 19.7 Å². The second-order valence-electron chi connectivity index (χ2n) is 6.17. The average Bonchev–Trinajstić information content (AvgIpc) is 2.72. The van der Waals surface area contributed by atoms with Crippen LogP contribution in [0, 0.1) is 17.0 Å². The van der Waals surface area contributed by atoms with E-state index in [1.165, 1.54) is 30.4 Å². The van der Waals surface area contributed by atoms with Crippen LogP contribution in [0.5, 0.6) is 0 Å². The molecular formula is C21H17N3O5. The number of nitro groups is 1. The predicted molar refractivity (Wildman–Crippen MR) is 108 cm³/mol. The van der Waals surface area contributed by atoms with Crippen LogP contribution in [0.2, 0.25) is 0 Å². The second-order valence-corrected chi connectivity index (χ2v) is 6.17. The van der Waals surface area contributed by atoms with Gasteiger partial charge in [0.05, 0.1) is 21.8 Å². The Hall–Kier alpha value is -4.07. The zero-order chi connectivity index (χ0) is 20.8. The minimum atomic E-state index is -0.703. The average molecular weight is 391 g/mol. The number of nitro benzene ring substituents is 1. The van der Waals surface area contributed by atoms with E-state index in [4.69, 9.17) is 4.74 Å². The topological polar surface area (TPSA) is 111 Å². The van der Waals surface area contributed by atoms with Gasteiger partial charge in [0, 0.05) is 23.6 Å². The first-order chi connectivity index (χ1) is 13.9. The van der Waals surface area contributed by atoms with E-state index < -0.39 is 23.4 Å². The highest BCUT2D eigenvalue weighted by Crippen LogP contribution is 2.21. The van der Waals surface area contributed by atoms with Crippen LogP contribution in [0.25, 0.3) is 17.0 Å². The summed E-state index contributed by atoms with van der Waals surface area (Å²) in [5.41, 5.74) is 2.18. The molecule has 0 aliphatic rings. The zero-order valence-electron chi connectivity index (χ0n) is 15.5. The largest absolute Gasteiger partial charge is 0.452 e. The summed E-state index contributed by atoms with van der Waals surface area (Å²) in [7, 11) is 0. The van der Waals surface area contributed by atoms with Gasteiger partial charge in [0.15, 0.2) is 6.61 Å². The Kier molecular flexibility index (Phi) is 5.94. The standard InChI is InChI=1S/C21H17N3O5/c1-14-6-10-17(24(27)28)12-19(14)23-20(25)13-29-21(26)11-9-16-8-7-15-4-2-3-5-18(15)22-16/h2-12H,13H2,1H3,(H,23,25)/b11-9+. The fourth-order valence-corrected chi connectivity index (χ4v) is 2.56. The maximum atomic E-state index is 12.0. The van der Waals surface area contributed by atoms with Gasteiger partial charge in [-0.05, 0) is 30.7 Å². The van der Waals surface area contributed by atoms with Gasteiger partial charge in [0.1, 0.15) is 0 Å². The normalized spacial score (nSPS) is 10.8. The maximum absolute atomic E-state index is 12.0. The van der Waals surface area contributed by atoms with Crippen LogP contribution >= 0.6 is 0 Å². The van der Waals surface area contributed by atoms with Crippen LogP contribution < -0.4 is 5.32 Å². The van der Waals surface area contributed by atoms with Crippen molar-refractivity contribution in [3.8, 4) is 0 Å². The molecule has 0 saturated heterocycles. The molecule has 1 amide bonds. The Balaban J connectivity index is 1.56. The second kappa shape index (κ2) is 8.75. The third-order valence-corrected chi connectivity index (χ3v) is 4.06. The van der Waals surface area contributed by atoms with Gasteiger partial charge >= 0.3 is 5.97 Å². The van der Waals surface area contributed by atoms with Crippen molar-refractivity contribution in [2.24, 2.45) is 0 Å². The first kappa shape index (κ1) is 19.7. The lowest BCUT2D eigenvalue weighted by Crippen LogP contribution is -2.20. The first-order valence-electron chi connectivity index (χ1n) is 8.68. The van der Waals surface area contributed by atoms with Crippen LogP contribution in [0.3, 0.4) is 0 Å². The molecular weight excluding hydrogens is 374 g/mol. The lowest BCUT2D eigenvalue weighted by Gasteiger charge is -2.08. The van der Waals surface area contributed by atoms with Gasteiger partial charge in [-0.25, -0.2) is 9.78 Å². The van der Waals surface area contributed by atoms with Crippen LogP contribution in [0.1, 0.15) is 11.3 Å². The number of carbonyl (C=O) groups excluding carboxylic acids is 2. The number of non-ortho nitro benzene ring substituents is 1. The molecule has 2 aromatic carbocycles. The molecule has 0 atom stereocenters. The predicted octanol–water partition coefficient (Wildman–Crippen LogP) is 3.65. The summed E-state index contributed by atoms with van der Waals surface area (Å²) < 4.78 is 4.90. The van der Waals surface area contributed by atoms with E-state index in [1.807, 2.05) is 30.3 Å². The molecule has 8 heteroatoms. The lowest BCUT2D eigenvalue weighted by molar-refractivity contribution is -0.384. The fraction of sp³-hybridized carbons (Fsp3) is 0.0952. The van der Waals surface area contributed by atoms with Crippen molar-refractivity contribution < 1.29 is 19.2 Å². The third-order valence-electron chi connectivity index (χ3n) is 4.06. The summed E-state index contributed by atoms with van der Waals surface area (Å²) >= 11 is 0.